The molecule has 1 heterocycles. The van der Waals surface area contributed by atoms with Crippen LogP contribution < -0.4 is 24.3 Å². The number of hydrogen-bond acceptors (Lipinski definition) is 7. The van der Waals surface area contributed by atoms with E-state index in [2.05, 4.69) is 5.32 Å². The van der Waals surface area contributed by atoms with E-state index in [1.165, 1.54) is 0 Å². The number of esters is 1. The maximum atomic E-state index is 12.0. The van der Waals surface area contributed by atoms with E-state index in [9.17, 15) is 9.59 Å². The first-order chi connectivity index (χ1) is 14.1. The summed E-state index contributed by atoms with van der Waals surface area (Å²) in [6.07, 6.45) is 0.797. The van der Waals surface area contributed by atoms with Crippen molar-refractivity contribution >= 4 is 17.6 Å². The van der Waals surface area contributed by atoms with E-state index in [1.807, 2.05) is 6.92 Å². The normalized spacial score (nSPS) is 12.4. The van der Waals surface area contributed by atoms with Crippen molar-refractivity contribution < 1.29 is 33.3 Å². The zero-order chi connectivity index (χ0) is 20.5. The van der Waals surface area contributed by atoms with Gasteiger partial charge in [0.1, 0.15) is 11.5 Å². The van der Waals surface area contributed by atoms with Crippen LogP contribution in [-0.2, 0) is 14.3 Å². The van der Waals surface area contributed by atoms with E-state index in [4.69, 9.17) is 23.7 Å². The molecule has 0 bridgehead atoms. The quantitative estimate of drug-likeness (QED) is 0.680. The first-order valence-electron chi connectivity index (χ1n) is 9.35. The molecule has 0 fully saturated rings. The Labute approximate surface area is 168 Å². The molecule has 0 aliphatic carbocycles. The summed E-state index contributed by atoms with van der Waals surface area (Å²) in [6.45, 7) is 2.89. The van der Waals surface area contributed by atoms with Gasteiger partial charge in [-0.1, -0.05) is 0 Å². The highest BCUT2D eigenvalue weighted by Crippen LogP contribution is 2.32. The maximum absolute atomic E-state index is 12.0. The molecule has 0 spiro atoms. The number of anilines is 1. The second-order valence-electron chi connectivity index (χ2n) is 6.11. The van der Waals surface area contributed by atoms with Gasteiger partial charge in [0.25, 0.3) is 5.91 Å². The molecule has 1 aliphatic rings. The van der Waals surface area contributed by atoms with Crippen molar-refractivity contribution in [3.8, 4) is 23.0 Å². The van der Waals surface area contributed by atoms with Crippen LogP contribution in [0.3, 0.4) is 0 Å². The first kappa shape index (κ1) is 20.3. The van der Waals surface area contributed by atoms with E-state index < -0.39 is 18.5 Å². The summed E-state index contributed by atoms with van der Waals surface area (Å²) in [5.74, 6) is 1.32. The molecule has 0 atom stereocenters. The van der Waals surface area contributed by atoms with Crippen LogP contribution in [0.15, 0.2) is 42.5 Å². The molecule has 1 amide bonds. The van der Waals surface area contributed by atoms with Crippen LogP contribution in [0.2, 0.25) is 0 Å². The van der Waals surface area contributed by atoms with Gasteiger partial charge in [0.05, 0.1) is 19.8 Å². The third-order valence-corrected chi connectivity index (χ3v) is 3.89. The number of carbonyl (C=O) groups is 2. The molecule has 29 heavy (non-hydrogen) atoms. The molecular weight excluding hydrogens is 378 g/mol. The highest BCUT2D eigenvalue weighted by atomic mass is 16.6. The van der Waals surface area contributed by atoms with Crippen molar-refractivity contribution in [1.82, 2.24) is 0 Å². The average molecular weight is 401 g/mol. The first-order valence-corrected chi connectivity index (χ1v) is 9.35. The Morgan fingerprint density at radius 3 is 2.34 bits per heavy atom. The number of amides is 1. The SMILES string of the molecule is CCOc1ccc(OCC(=O)OCC(=O)Nc2ccc3c(c2)OCCCO3)cc1. The summed E-state index contributed by atoms with van der Waals surface area (Å²) in [7, 11) is 0. The molecule has 8 heteroatoms. The lowest BCUT2D eigenvalue weighted by atomic mass is 10.2. The molecule has 0 unspecified atom stereocenters. The molecule has 0 radical (unpaired) electrons. The van der Waals surface area contributed by atoms with Gasteiger partial charge < -0.3 is 29.0 Å². The Kier molecular flexibility index (Phi) is 7.16. The van der Waals surface area contributed by atoms with Crippen LogP contribution >= 0.6 is 0 Å². The second kappa shape index (κ2) is 10.2. The molecule has 154 valence electrons. The third kappa shape index (κ3) is 6.31. The van der Waals surface area contributed by atoms with Gasteiger partial charge in [0.15, 0.2) is 24.7 Å². The number of carbonyl (C=O) groups excluding carboxylic acids is 2. The number of nitrogens with one attached hydrogen (secondary N) is 1. The lowest BCUT2D eigenvalue weighted by molar-refractivity contribution is -0.149. The lowest BCUT2D eigenvalue weighted by Gasteiger charge is -2.11. The number of benzene rings is 2. The Morgan fingerprint density at radius 2 is 1.62 bits per heavy atom. The van der Waals surface area contributed by atoms with E-state index in [-0.39, 0.29) is 6.61 Å². The Balaban J connectivity index is 1.40. The molecule has 0 saturated carbocycles. The smallest absolute Gasteiger partial charge is 0.344 e. The van der Waals surface area contributed by atoms with Crippen LogP contribution in [0, 0.1) is 0 Å². The van der Waals surface area contributed by atoms with E-state index in [0.29, 0.717) is 48.5 Å². The second-order valence-corrected chi connectivity index (χ2v) is 6.11. The Bertz CT molecular complexity index is 835. The van der Waals surface area contributed by atoms with Gasteiger partial charge in [-0.05, 0) is 43.3 Å². The van der Waals surface area contributed by atoms with Gasteiger partial charge in [-0.15, -0.1) is 0 Å². The number of hydrogen-bond donors (Lipinski definition) is 1. The van der Waals surface area contributed by atoms with Crippen molar-refractivity contribution in [2.24, 2.45) is 0 Å². The van der Waals surface area contributed by atoms with Crippen LogP contribution in [0.5, 0.6) is 23.0 Å². The van der Waals surface area contributed by atoms with E-state index in [1.54, 1.807) is 42.5 Å². The minimum atomic E-state index is -0.646. The Hall–Kier alpha value is -3.42. The molecule has 0 saturated heterocycles. The van der Waals surface area contributed by atoms with Gasteiger partial charge in [-0.3, -0.25) is 4.79 Å². The predicted octanol–water partition coefficient (Wildman–Crippen LogP) is 2.81. The molecule has 8 nitrogen and oxygen atoms in total. The fourth-order valence-corrected chi connectivity index (χ4v) is 2.57. The molecule has 1 N–H and O–H groups in total. The van der Waals surface area contributed by atoms with Crippen molar-refractivity contribution in [2.75, 3.05) is 38.4 Å². The summed E-state index contributed by atoms with van der Waals surface area (Å²) in [5.41, 5.74) is 0.529. The monoisotopic (exact) mass is 401 g/mol. The zero-order valence-electron chi connectivity index (χ0n) is 16.1. The summed E-state index contributed by atoms with van der Waals surface area (Å²) >= 11 is 0. The minimum Gasteiger partial charge on any atom is -0.494 e. The summed E-state index contributed by atoms with van der Waals surface area (Å²) in [4.78, 5) is 23.8. The maximum Gasteiger partial charge on any atom is 0.344 e. The molecule has 1 aliphatic heterocycles. The van der Waals surface area contributed by atoms with Crippen LogP contribution in [-0.4, -0.2) is 44.9 Å². The van der Waals surface area contributed by atoms with Crippen LogP contribution in [0.4, 0.5) is 5.69 Å². The number of rotatable bonds is 8. The average Bonchev–Trinajstić information content (AvgIpc) is 2.97. The van der Waals surface area contributed by atoms with Gasteiger partial charge >= 0.3 is 5.97 Å². The zero-order valence-corrected chi connectivity index (χ0v) is 16.1. The highest BCUT2D eigenvalue weighted by Gasteiger charge is 2.13. The van der Waals surface area contributed by atoms with Gasteiger partial charge in [-0.25, -0.2) is 4.79 Å². The van der Waals surface area contributed by atoms with Crippen molar-refractivity contribution in [3.63, 3.8) is 0 Å². The molecule has 2 aromatic carbocycles. The van der Waals surface area contributed by atoms with E-state index >= 15 is 0 Å². The fraction of sp³-hybridized carbons (Fsp3) is 0.333. The number of ether oxygens (including phenoxy) is 5. The standard InChI is InChI=1S/C21H23NO7/c1-2-25-16-5-7-17(8-6-16)28-14-21(24)29-13-20(23)22-15-4-9-18-19(12-15)27-11-3-10-26-18/h4-9,12H,2-3,10-11,13-14H2,1H3,(H,22,23). The molecule has 3 rings (SSSR count). The topological polar surface area (TPSA) is 92.3 Å². The Morgan fingerprint density at radius 1 is 0.931 bits per heavy atom. The van der Waals surface area contributed by atoms with Crippen molar-refractivity contribution in [1.29, 1.82) is 0 Å². The molecule has 2 aromatic rings. The van der Waals surface area contributed by atoms with Crippen molar-refractivity contribution in [2.45, 2.75) is 13.3 Å². The van der Waals surface area contributed by atoms with Crippen LogP contribution in [0.25, 0.3) is 0 Å². The van der Waals surface area contributed by atoms with E-state index in [0.717, 1.165) is 6.42 Å². The minimum absolute atomic E-state index is 0.300. The van der Waals surface area contributed by atoms with Crippen LogP contribution in [0.1, 0.15) is 13.3 Å². The highest BCUT2D eigenvalue weighted by molar-refractivity contribution is 5.93. The van der Waals surface area contributed by atoms with Gasteiger partial charge in [-0.2, -0.15) is 0 Å². The summed E-state index contributed by atoms with van der Waals surface area (Å²) in [5, 5.41) is 2.65. The predicted molar refractivity (Wildman–Crippen MR) is 105 cm³/mol. The van der Waals surface area contributed by atoms with Gasteiger partial charge in [0, 0.05) is 18.2 Å². The fourth-order valence-electron chi connectivity index (χ4n) is 2.57. The largest absolute Gasteiger partial charge is 0.494 e. The summed E-state index contributed by atoms with van der Waals surface area (Å²) in [6, 6.07) is 12.0. The number of fused-ring (bicyclic) bond motifs is 1. The van der Waals surface area contributed by atoms with Gasteiger partial charge in [0.2, 0.25) is 0 Å². The molecular formula is C21H23NO7. The van der Waals surface area contributed by atoms with Crippen molar-refractivity contribution in [3.05, 3.63) is 42.5 Å². The molecule has 0 aromatic heterocycles. The third-order valence-electron chi connectivity index (χ3n) is 3.89. The lowest BCUT2D eigenvalue weighted by Crippen LogP contribution is -2.23. The summed E-state index contributed by atoms with van der Waals surface area (Å²) < 4.78 is 26.7.